The topological polar surface area (TPSA) is 3.24 Å². The number of hydrogen-bond acceptors (Lipinski definition) is 1. The molecule has 1 fully saturated rings. The molecule has 15 heavy (non-hydrogen) atoms. The molecule has 1 heterocycles. The summed E-state index contributed by atoms with van der Waals surface area (Å²) in [5.74, 6) is 0.790. The van der Waals surface area contributed by atoms with E-state index in [1.807, 2.05) is 0 Å². The summed E-state index contributed by atoms with van der Waals surface area (Å²) >= 11 is 3.66. The molecular weight excluding hydrogens is 250 g/mol. The third-order valence-corrected chi connectivity index (χ3v) is 4.51. The molecule has 0 N–H and O–H groups in total. The Labute approximate surface area is 99.6 Å². The zero-order valence-electron chi connectivity index (χ0n) is 8.88. The Hall–Kier alpha value is -0.340. The van der Waals surface area contributed by atoms with Gasteiger partial charge in [-0.2, -0.15) is 0 Å². The number of rotatable bonds is 2. The van der Waals surface area contributed by atoms with Gasteiger partial charge in [0.05, 0.1) is 0 Å². The van der Waals surface area contributed by atoms with Crippen LogP contribution in [0.2, 0.25) is 0 Å². The van der Waals surface area contributed by atoms with Gasteiger partial charge in [-0.05, 0) is 55.5 Å². The molecule has 80 valence electrons. The zero-order chi connectivity index (χ0) is 10.3. The quantitative estimate of drug-likeness (QED) is 0.794. The van der Waals surface area contributed by atoms with Gasteiger partial charge in [0.15, 0.2) is 0 Å². The van der Waals surface area contributed by atoms with E-state index in [4.69, 9.17) is 0 Å². The second-order valence-electron chi connectivity index (χ2n) is 4.70. The highest BCUT2D eigenvalue weighted by atomic mass is 79.9. The molecule has 0 saturated carbocycles. The Balaban J connectivity index is 1.81. The summed E-state index contributed by atoms with van der Waals surface area (Å²) in [6, 6.07) is 6.67. The lowest BCUT2D eigenvalue weighted by molar-refractivity contribution is 0.169. The van der Waals surface area contributed by atoms with Crippen molar-refractivity contribution in [2.45, 2.75) is 25.2 Å². The molecular formula is C13H16BrN. The van der Waals surface area contributed by atoms with E-state index in [-0.39, 0.29) is 0 Å². The Morgan fingerprint density at radius 3 is 2.93 bits per heavy atom. The van der Waals surface area contributed by atoms with Gasteiger partial charge in [0.1, 0.15) is 0 Å². The van der Waals surface area contributed by atoms with Crippen LogP contribution in [0.5, 0.6) is 0 Å². The lowest BCUT2D eigenvalue weighted by Crippen LogP contribution is -2.39. The van der Waals surface area contributed by atoms with E-state index in [2.05, 4.69) is 39.0 Å². The Morgan fingerprint density at radius 1 is 1.33 bits per heavy atom. The maximum Gasteiger partial charge on any atom is 0.0210 e. The number of benzene rings is 1. The van der Waals surface area contributed by atoms with Crippen LogP contribution in [0.1, 0.15) is 29.9 Å². The molecule has 0 bridgehead atoms. The lowest BCUT2D eigenvalue weighted by Gasteiger charge is -2.33. The number of nitrogens with zero attached hydrogens (tertiary/aromatic N) is 1. The minimum atomic E-state index is 0.790. The molecule has 1 saturated heterocycles. The van der Waals surface area contributed by atoms with Crippen LogP contribution in [0.15, 0.2) is 22.7 Å². The molecule has 1 aliphatic carbocycles. The van der Waals surface area contributed by atoms with Crippen LogP contribution in [0, 0.1) is 0 Å². The maximum atomic E-state index is 3.66. The van der Waals surface area contributed by atoms with E-state index in [9.17, 15) is 0 Å². The fourth-order valence-corrected chi connectivity index (χ4v) is 3.34. The SMILES string of the molecule is Brc1cccc2c1CCC2CN1CCC1. The van der Waals surface area contributed by atoms with Crippen molar-refractivity contribution in [3.8, 4) is 0 Å². The fraction of sp³-hybridized carbons (Fsp3) is 0.538. The van der Waals surface area contributed by atoms with Crippen molar-refractivity contribution >= 4 is 15.9 Å². The average Bonchev–Trinajstić information content (AvgIpc) is 2.56. The van der Waals surface area contributed by atoms with Crippen molar-refractivity contribution in [1.82, 2.24) is 4.90 Å². The molecule has 2 aliphatic rings. The van der Waals surface area contributed by atoms with Gasteiger partial charge in [0, 0.05) is 11.0 Å². The predicted molar refractivity (Wildman–Crippen MR) is 66.3 cm³/mol. The van der Waals surface area contributed by atoms with Gasteiger partial charge in [0.25, 0.3) is 0 Å². The molecule has 0 aromatic heterocycles. The van der Waals surface area contributed by atoms with E-state index in [1.54, 1.807) is 11.1 Å². The zero-order valence-corrected chi connectivity index (χ0v) is 10.5. The molecule has 1 nitrogen and oxygen atoms in total. The maximum absolute atomic E-state index is 3.66. The molecule has 1 aromatic rings. The lowest BCUT2D eigenvalue weighted by atomic mass is 9.99. The summed E-state index contributed by atoms with van der Waals surface area (Å²) in [4.78, 5) is 2.58. The van der Waals surface area contributed by atoms with Gasteiger partial charge in [-0.3, -0.25) is 0 Å². The Kier molecular flexibility index (Phi) is 2.57. The van der Waals surface area contributed by atoms with Gasteiger partial charge in [-0.1, -0.05) is 28.1 Å². The van der Waals surface area contributed by atoms with E-state index in [1.165, 1.54) is 43.4 Å². The number of fused-ring (bicyclic) bond motifs is 1. The molecule has 3 rings (SSSR count). The van der Waals surface area contributed by atoms with Crippen molar-refractivity contribution in [2.75, 3.05) is 19.6 Å². The minimum Gasteiger partial charge on any atom is -0.303 e. The normalized spacial score (nSPS) is 25.0. The first-order chi connectivity index (χ1) is 7.34. The third-order valence-electron chi connectivity index (χ3n) is 3.76. The Morgan fingerprint density at radius 2 is 2.20 bits per heavy atom. The largest absolute Gasteiger partial charge is 0.303 e. The highest BCUT2D eigenvalue weighted by Gasteiger charge is 2.27. The molecule has 1 atom stereocenters. The molecule has 1 unspecified atom stereocenters. The first-order valence-corrected chi connectivity index (χ1v) is 6.63. The van der Waals surface area contributed by atoms with E-state index in [0.717, 1.165) is 5.92 Å². The van der Waals surface area contributed by atoms with Crippen LogP contribution in [0.25, 0.3) is 0 Å². The van der Waals surface area contributed by atoms with Crippen LogP contribution in [0.3, 0.4) is 0 Å². The van der Waals surface area contributed by atoms with E-state index in [0.29, 0.717) is 0 Å². The van der Waals surface area contributed by atoms with Gasteiger partial charge in [-0.15, -0.1) is 0 Å². The number of halogens is 1. The monoisotopic (exact) mass is 265 g/mol. The van der Waals surface area contributed by atoms with Crippen LogP contribution < -0.4 is 0 Å². The molecule has 0 spiro atoms. The van der Waals surface area contributed by atoms with Gasteiger partial charge < -0.3 is 4.90 Å². The van der Waals surface area contributed by atoms with Crippen molar-refractivity contribution in [3.05, 3.63) is 33.8 Å². The summed E-state index contributed by atoms with van der Waals surface area (Å²) in [6.45, 7) is 3.92. The van der Waals surface area contributed by atoms with Crippen LogP contribution in [-0.2, 0) is 6.42 Å². The second-order valence-corrected chi connectivity index (χ2v) is 5.55. The first kappa shape index (κ1) is 9.86. The van der Waals surface area contributed by atoms with Crippen molar-refractivity contribution in [3.63, 3.8) is 0 Å². The molecule has 1 aromatic carbocycles. The summed E-state index contributed by atoms with van der Waals surface area (Å²) in [5.41, 5.74) is 3.15. The van der Waals surface area contributed by atoms with Gasteiger partial charge in [0.2, 0.25) is 0 Å². The fourth-order valence-electron chi connectivity index (χ4n) is 2.76. The standard InChI is InChI=1S/C13H16BrN/c14-13-4-1-3-11-10(5-6-12(11)13)9-15-7-2-8-15/h1,3-4,10H,2,5-9H2. The summed E-state index contributed by atoms with van der Waals surface area (Å²) in [6.07, 6.45) is 4.00. The summed E-state index contributed by atoms with van der Waals surface area (Å²) in [7, 11) is 0. The van der Waals surface area contributed by atoms with E-state index >= 15 is 0 Å². The highest BCUT2D eigenvalue weighted by Crippen LogP contribution is 2.37. The van der Waals surface area contributed by atoms with Crippen LogP contribution in [0.4, 0.5) is 0 Å². The number of likely N-dealkylation sites (tertiary alicyclic amines) is 1. The van der Waals surface area contributed by atoms with E-state index < -0.39 is 0 Å². The summed E-state index contributed by atoms with van der Waals surface area (Å²) < 4.78 is 1.31. The number of hydrogen-bond donors (Lipinski definition) is 0. The molecule has 1 aliphatic heterocycles. The van der Waals surface area contributed by atoms with Crippen molar-refractivity contribution in [2.24, 2.45) is 0 Å². The molecule has 0 amide bonds. The average molecular weight is 266 g/mol. The van der Waals surface area contributed by atoms with Gasteiger partial charge >= 0.3 is 0 Å². The molecule has 0 radical (unpaired) electrons. The second kappa shape index (κ2) is 3.91. The summed E-state index contributed by atoms with van der Waals surface area (Å²) in [5, 5.41) is 0. The first-order valence-electron chi connectivity index (χ1n) is 5.84. The van der Waals surface area contributed by atoms with Crippen LogP contribution >= 0.6 is 15.9 Å². The third kappa shape index (κ3) is 1.74. The van der Waals surface area contributed by atoms with Gasteiger partial charge in [-0.25, -0.2) is 0 Å². The minimum absolute atomic E-state index is 0.790. The van der Waals surface area contributed by atoms with Crippen molar-refractivity contribution < 1.29 is 0 Å². The Bertz CT molecular complexity index is 371. The molecule has 2 heteroatoms. The predicted octanol–water partition coefficient (Wildman–Crippen LogP) is 3.18. The highest BCUT2D eigenvalue weighted by molar-refractivity contribution is 9.10. The van der Waals surface area contributed by atoms with Crippen LogP contribution in [-0.4, -0.2) is 24.5 Å². The smallest absolute Gasteiger partial charge is 0.0210 e. The van der Waals surface area contributed by atoms with Crippen molar-refractivity contribution in [1.29, 1.82) is 0 Å².